The summed E-state index contributed by atoms with van der Waals surface area (Å²) in [7, 11) is -3.89. The van der Waals surface area contributed by atoms with Crippen molar-refractivity contribution in [1.82, 2.24) is 20.2 Å². The number of hydrogen-bond acceptors (Lipinski definition) is 6. The van der Waals surface area contributed by atoms with E-state index >= 15 is 0 Å². The van der Waals surface area contributed by atoms with Crippen molar-refractivity contribution in [2.45, 2.75) is 56.1 Å². The Morgan fingerprint density at radius 2 is 1.74 bits per heavy atom. The van der Waals surface area contributed by atoms with E-state index in [4.69, 9.17) is 0 Å². The molecule has 1 saturated carbocycles. The van der Waals surface area contributed by atoms with Crippen LogP contribution in [0.2, 0.25) is 0 Å². The van der Waals surface area contributed by atoms with Crippen molar-refractivity contribution in [3.05, 3.63) is 59.4 Å². The van der Waals surface area contributed by atoms with Gasteiger partial charge in [0, 0.05) is 5.69 Å². The molecule has 8 nitrogen and oxygen atoms in total. The maximum atomic E-state index is 13.8. The number of sulfone groups is 1. The first-order valence-electron chi connectivity index (χ1n) is 10.2. The Morgan fingerprint density at radius 3 is 2.42 bits per heavy atom. The molecule has 1 aliphatic carbocycles. The number of carbonyl (C=O) groups excluding carboxylic acids is 1. The normalized spacial score (nSPS) is 15.7. The van der Waals surface area contributed by atoms with Crippen LogP contribution in [0.15, 0.2) is 47.6 Å². The van der Waals surface area contributed by atoms with Gasteiger partial charge in [-0.05, 0) is 78.9 Å². The Hall–Kier alpha value is -3.07. The molecule has 31 heavy (non-hydrogen) atoms. The van der Waals surface area contributed by atoms with Crippen molar-refractivity contribution in [2.75, 3.05) is 5.32 Å². The van der Waals surface area contributed by atoms with Gasteiger partial charge in [-0.15, -0.1) is 5.10 Å². The third kappa shape index (κ3) is 3.63. The molecular weight excluding hydrogens is 414 g/mol. The first kappa shape index (κ1) is 21.2. The molecule has 0 aliphatic heterocycles. The first-order valence-corrected chi connectivity index (χ1v) is 11.7. The van der Waals surface area contributed by atoms with E-state index < -0.39 is 20.5 Å². The van der Waals surface area contributed by atoms with Gasteiger partial charge < -0.3 is 5.32 Å². The number of amides is 1. The van der Waals surface area contributed by atoms with E-state index in [1.54, 1.807) is 25.1 Å². The highest BCUT2D eigenvalue weighted by Crippen LogP contribution is 2.42. The fourth-order valence-electron chi connectivity index (χ4n) is 4.17. The van der Waals surface area contributed by atoms with Crippen molar-refractivity contribution >= 4 is 21.4 Å². The third-order valence-corrected chi connectivity index (χ3v) is 8.70. The highest BCUT2D eigenvalue weighted by molar-refractivity contribution is 7.93. The summed E-state index contributed by atoms with van der Waals surface area (Å²) in [6.07, 6.45) is 3.46. The highest BCUT2D eigenvalue weighted by Gasteiger charge is 2.53. The van der Waals surface area contributed by atoms with Crippen LogP contribution in [0, 0.1) is 20.8 Å². The molecule has 9 heteroatoms. The molecule has 2 aromatic carbocycles. The summed E-state index contributed by atoms with van der Waals surface area (Å²) in [4.78, 5) is 13.8. The molecule has 1 amide bonds. The largest absolute Gasteiger partial charge is 0.324 e. The SMILES string of the molecule is Cc1ccc(C)c(S(=O)(=O)C2(C(=O)Nc3cc(-n4cnnn4)ccc3C)CCCC2)c1. The van der Waals surface area contributed by atoms with Crippen LogP contribution in [0.5, 0.6) is 0 Å². The van der Waals surface area contributed by atoms with Gasteiger partial charge in [0.2, 0.25) is 5.91 Å². The Balaban J connectivity index is 1.74. The van der Waals surface area contributed by atoms with E-state index in [0.29, 0.717) is 42.6 Å². The predicted molar refractivity (Wildman–Crippen MR) is 117 cm³/mol. The van der Waals surface area contributed by atoms with Crippen LogP contribution in [0.3, 0.4) is 0 Å². The molecule has 1 heterocycles. The molecule has 0 radical (unpaired) electrons. The van der Waals surface area contributed by atoms with Gasteiger partial charge >= 0.3 is 0 Å². The predicted octanol–water partition coefficient (Wildman–Crippen LogP) is 3.31. The number of anilines is 1. The molecule has 1 aliphatic rings. The van der Waals surface area contributed by atoms with E-state index in [0.717, 1.165) is 11.1 Å². The zero-order valence-corrected chi connectivity index (χ0v) is 18.6. The smallest absolute Gasteiger partial charge is 0.246 e. The van der Waals surface area contributed by atoms with Gasteiger partial charge in [0.05, 0.1) is 10.6 Å². The lowest BCUT2D eigenvalue weighted by Crippen LogP contribution is -2.47. The average molecular weight is 440 g/mol. The van der Waals surface area contributed by atoms with Crippen molar-refractivity contribution in [2.24, 2.45) is 0 Å². The fourth-order valence-corrected chi connectivity index (χ4v) is 6.55. The molecule has 1 fully saturated rings. The third-order valence-electron chi connectivity index (χ3n) is 6.06. The van der Waals surface area contributed by atoms with Crippen LogP contribution in [0.1, 0.15) is 42.4 Å². The number of hydrogen-bond donors (Lipinski definition) is 1. The average Bonchev–Trinajstić information content (AvgIpc) is 3.44. The van der Waals surface area contributed by atoms with Crippen molar-refractivity contribution < 1.29 is 13.2 Å². The molecule has 0 saturated heterocycles. The number of rotatable bonds is 5. The number of nitrogens with one attached hydrogen (secondary N) is 1. The van der Waals surface area contributed by atoms with E-state index in [1.165, 1.54) is 11.0 Å². The van der Waals surface area contributed by atoms with Crippen LogP contribution >= 0.6 is 0 Å². The Morgan fingerprint density at radius 1 is 1.03 bits per heavy atom. The summed E-state index contributed by atoms with van der Waals surface area (Å²) >= 11 is 0. The van der Waals surface area contributed by atoms with Gasteiger partial charge in [0.1, 0.15) is 6.33 Å². The van der Waals surface area contributed by atoms with Crippen molar-refractivity contribution in [3.63, 3.8) is 0 Å². The second-order valence-corrected chi connectivity index (χ2v) is 10.4. The second-order valence-electron chi connectivity index (χ2n) is 8.18. The number of tetrazole rings is 1. The topological polar surface area (TPSA) is 107 Å². The molecule has 3 aromatic rings. The Kier molecular flexibility index (Phi) is 5.38. The van der Waals surface area contributed by atoms with Crippen LogP contribution in [0.25, 0.3) is 5.69 Å². The maximum absolute atomic E-state index is 13.8. The van der Waals surface area contributed by atoms with Gasteiger partial charge in [-0.1, -0.05) is 31.0 Å². The van der Waals surface area contributed by atoms with Crippen molar-refractivity contribution in [1.29, 1.82) is 0 Å². The number of nitrogens with zero attached hydrogens (tertiary/aromatic N) is 4. The van der Waals surface area contributed by atoms with Crippen LogP contribution in [0.4, 0.5) is 5.69 Å². The standard InChI is InChI=1S/C22H25N5O3S/c1-15-6-7-17(3)20(12-15)31(29,30)22(10-4-5-11-22)21(28)24-19-13-18(9-8-16(19)2)27-14-23-25-26-27/h6-9,12-14H,4-5,10-11H2,1-3H3,(H,24,28). The van der Waals surface area contributed by atoms with Gasteiger partial charge in [-0.25, -0.2) is 13.1 Å². The monoisotopic (exact) mass is 439 g/mol. The lowest BCUT2D eigenvalue weighted by atomic mass is 10.1. The lowest BCUT2D eigenvalue weighted by Gasteiger charge is -2.29. The quantitative estimate of drug-likeness (QED) is 0.654. The minimum Gasteiger partial charge on any atom is -0.324 e. The fraction of sp³-hybridized carbons (Fsp3) is 0.364. The van der Waals surface area contributed by atoms with Crippen molar-refractivity contribution in [3.8, 4) is 5.69 Å². The summed E-state index contributed by atoms with van der Waals surface area (Å²) in [5.41, 5.74) is 3.54. The summed E-state index contributed by atoms with van der Waals surface area (Å²) < 4.78 is 27.6. The zero-order chi connectivity index (χ0) is 22.2. The van der Waals surface area contributed by atoms with Gasteiger partial charge in [0.15, 0.2) is 14.6 Å². The zero-order valence-electron chi connectivity index (χ0n) is 17.8. The molecule has 0 spiro atoms. The number of benzene rings is 2. The van der Waals surface area contributed by atoms with Crippen LogP contribution in [-0.4, -0.2) is 39.3 Å². The molecular formula is C22H25N5O3S. The minimum absolute atomic E-state index is 0.240. The molecule has 1 aromatic heterocycles. The molecule has 1 N–H and O–H groups in total. The van der Waals surface area contributed by atoms with E-state index in [9.17, 15) is 13.2 Å². The molecule has 4 rings (SSSR count). The second kappa shape index (κ2) is 7.88. The number of aryl methyl sites for hydroxylation is 3. The first-order chi connectivity index (χ1) is 14.7. The minimum atomic E-state index is -3.89. The molecule has 0 unspecified atom stereocenters. The molecule has 0 bridgehead atoms. The summed E-state index contributed by atoms with van der Waals surface area (Å²) in [5.74, 6) is -0.483. The van der Waals surface area contributed by atoms with Crippen LogP contribution in [-0.2, 0) is 14.6 Å². The molecule has 0 atom stereocenters. The van der Waals surface area contributed by atoms with E-state index in [1.807, 2.05) is 32.0 Å². The van der Waals surface area contributed by atoms with Gasteiger partial charge in [0.25, 0.3) is 0 Å². The summed E-state index contributed by atoms with van der Waals surface area (Å²) in [6, 6.07) is 10.8. The summed E-state index contributed by atoms with van der Waals surface area (Å²) in [5, 5.41) is 14.0. The summed E-state index contributed by atoms with van der Waals surface area (Å²) in [6.45, 7) is 5.49. The lowest BCUT2D eigenvalue weighted by molar-refractivity contribution is -0.118. The van der Waals surface area contributed by atoms with Gasteiger partial charge in [-0.2, -0.15) is 0 Å². The van der Waals surface area contributed by atoms with E-state index in [-0.39, 0.29) is 4.90 Å². The van der Waals surface area contributed by atoms with E-state index in [2.05, 4.69) is 20.8 Å². The van der Waals surface area contributed by atoms with Crippen LogP contribution < -0.4 is 5.32 Å². The molecule has 162 valence electrons. The number of aromatic nitrogens is 4. The Labute approximate surface area is 181 Å². The van der Waals surface area contributed by atoms with Gasteiger partial charge in [-0.3, -0.25) is 4.79 Å². The Bertz CT molecular complexity index is 1230. The number of carbonyl (C=O) groups is 1. The highest BCUT2D eigenvalue weighted by atomic mass is 32.2. The maximum Gasteiger partial charge on any atom is 0.246 e.